The Balaban J connectivity index is 2.33. The van der Waals surface area contributed by atoms with Crippen LogP contribution in [-0.4, -0.2) is 9.97 Å². The van der Waals surface area contributed by atoms with Gasteiger partial charge in [-0.1, -0.05) is 0 Å². The number of hydrogen-bond donors (Lipinski definition) is 0. The van der Waals surface area contributed by atoms with E-state index in [1.165, 1.54) is 23.6 Å². The van der Waals surface area contributed by atoms with Crippen LogP contribution in [0.25, 0.3) is 10.6 Å². The second-order valence-corrected chi connectivity index (χ2v) is 4.44. The van der Waals surface area contributed by atoms with E-state index in [1.807, 2.05) is 6.92 Å². The summed E-state index contributed by atoms with van der Waals surface area (Å²) in [6, 6.07) is 2.35. The first-order valence-electron chi connectivity index (χ1n) is 4.43. The van der Waals surface area contributed by atoms with Crippen LogP contribution in [0.3, 0.4) is 0 Å². The number of nitrogens with zero attached hydrogens (tertiary/aromatic N) is 2. The molecule has 0 radical (unpaired) electrons. The van der Waals surface area contributed by atoms with Crippen molar-refractivity contribution in [1.29, 1.82) is 0 Å². The van der Waals surface area contributed by atoms with Crippen LogP contribution in [0.4, 0.5) is 13.2 Å². The summed E-state index contributed by atoms with van der Waals surface area (Å²) < 4.78 is 36.8. The van der Waals surface area contributed by atoms with Crippen LogP contribution in [0.15, 0.2) is 24.5 Å². The largest absolute Gasteiger partial charge is 0.433 e. The maximum atomic E-state index is 12.3. The first kappa shape index (κ1) is 11.1. The molecule has 2 rings (SSSR count). The van der Waals surface area contributed by atoms with Crippen molar-refractivity contribution >= 4 is 11.3 Å². The van der Waals surface area contributed by atoms with Crippen LogP contribution in [0.1, 0.15) is 10.6 Å². The maximum Gasteiger partial charge on any atom is 0.433 e. The molecule has 0 saturated carbocycles. The highest BCUT2D eigenvalue weighted by atomic mass is 32.1. The molecule has 0 aliphatic carbocycles. The molecule has 2 aromatic rings. The molecule has 0 spiro atoms. The normalized spacial score (nSPS) is 11.8. The predicted octanol–water partition coefficient (Wildman–Crippen LogP) is 3.53. The van der Waals surface area contributed by atoms with Gasteiger partial charge in [-0.3, -0.25) is 4.98 Å². The van der Waals surface area contributed by atoms with Gasteiger partial charge < -0.3 is 0 Å². The minimum atomic E-state index is -4.39. The maximum absolute atomic E-state index is 12.3. The molecule has 0 N–H and O–H groups in total. The van der Waals surface area contributed by atoms with Crippen LogP contribution in [0.5, 0.6) is 0 Å². The second kappa shape index (κ2) is 3.86. The minimum Gasteiger partial charge on any atom is -0.251 e. The van der Waals surface area contributed by atoms with Gasteiger partial charge in [-0.2, -0.15) is 13.2 Å². The SMILES string of the molecule is Cc1cnc(-c2ccc(C(F)(F)F)nc2)s1. The molecule has 0 aliphatic heterocycles. The van der Waals surface area contributed by atoms with Crippen molar-refractivity contribution in [2.45, 2.75) is 13.1 Å². The summed E-state index contributed by atoms with van der Waals surface area (Å²) >= 11 is 1.42. The zero-order valence-electron chi connectivity index (χ0n) is 8.25. The van der Waals surface area contributed by atoms with E-state index in [-0.39, 0.29) is 0 Å². The van der Waals surface area contributed by atoms with E-state index in [2.05, 4.69) is 9.97 Å². The lowest BCUT2D eigenvalue weighted by molar-refractivity contribution is -0.141. The molecule has 0 unspecified atom stereocenters. The average molecular weight is 244 g/mol. The average Bonchev–Trinajstić information content (AvgIpc) is 2.64. The highest BCUT2D eigenvalue weighted by Gasteiger charge is 2.32. The lowest BCUT2D eigenvalue weighted by atomic mass is 10.2. The number of aromatic nitrogens is 2. The predicted molar refractivity (Wildman–Crippen MR) is 55.1 cm³/mol. The van der Waals surface area contributed by atoms with Gasteiger partial charge in [-0.05, 0) is 19.1 Å². The van der Waals surface area contributed by atoms with Crippen molar-refractivity contribution < 1.29 is 13.2 Å². The summed E-state index contributed by atoms with van der Waals surface area (Å²) in [5, 5.41) is 0.679. The van der Waals surface area contributed by atoms with Crippen molar-refractivity contribution in [3.63, 3.8) is 0 Å². The van der Waals surface area contributed by atoms with Crippen molar-refractivity contribution in [3.8, 4) is 10.6 Å². The molecule has 16 heavy (non-hydrogen) atoms. The van der Waals surface area contributed by atoms with E-state index in [4.69, 9.17) is 0 Å². The van der Waals surface area contributed by atoms with Gasteiger partial charge in [0.15, 0.2) is 0 Å². The molecule has 2 nitrogen and oxygen atoms in total. The van der Waals surface area contributed by atoms with Crippen LogP contribution < -0.4 is 0 Å². The Bertz CT molecular complexity index is 488. The molecule has 0 fully saturated rings. The number of pyridine rings is 1. The molecular weight excluding hydrogens is 237 g/mol. The molecule has 0 saturated heterocycles. The fourth-order valence-electron chi connectivity index (χ4n) is 1.18. The second-order valence-electron chi connectivity index (χ2n) is 3.21. The van der Waals surface area contributed by atoms with E-state index >= 15 is 0 Å². The Morgan fingerprint density at radius 1 is 1.12 bits per heavy atom. The molecule has 0 bridgehead atoms. The molecule has 2 heterocycles. The third-order valence-corrected chi connectivity index (χ3v) is 2.88. The molecule has 84 valence electrons. The molecule has 0 aromatic carbocycles. The van der Waals surface area contributed by atoms with E-state index in [0.717, 1.165) is 10.9 Å². The summed E-state index contributed by atoms with van der Waals surface area (Å²) in [4.78, 5) is 8.46. The number of thiazole rings is 1. The number of alkyl halides is 3. The Morgan fingerprint density at radius 3 is 2.31 bits per heavy atom. The molecule has 2 aromatic heterocycles. The van der Waals surface area contributed by atoms with E-state index in [0.29, 0.717) is 10.6 Å². The Hall–Kier alpha value is -1.43. The summed E-state index contributed by atoms with van der Waals surface area (Å²) in [5.41, 5.74) is -0.282. The van der Waals surface area contributed by atoms with Gasteiger partial charge in [0.1, 0.15) is 10.7 Å². The van der Waals surface area contributed by atoms with Crippen LogP contribution in [-0.2, 0) is 6.18 Å². The van der Waals surface area contributed by atoms with Gasteiger partial charge in [-0.25, -0.2) is 4.98 Å². The van der Waals surface area contributed by atoms with Gasteiger partial charge in [0.25, 0.3) is 0 Å². The lowest BCUT2D eigenvalue weighted by Crippen LogP contribution is -2.07. The summed E-state index contributed by atoms with van der Waals surface area (Å²) in [5.74, 6) is 0. The zero-order valence-corrected chi connectivity index (χ0v) is 9.06. The number of halogens is 3. The van der Waals surface area contributed by atoms with Crippen molar-refractivity contribution in [1.82, 2.24) is 9.97 Å². The van der Waals surface area contributed by atoms with E-state index < -0.39 is 11.9 Å². The molecule has 0 aliphatic rings. The van der Waals surface area contributed by atoms with Crippen molar-refractivity contribution in [2.75, 3.05) is 0 Å². The van der Waals surface area contributed by atoms with Crippen LogP contribution >= 0.6 is 11.3 Å². The molecule has 0 amide bonds. The van der Waals surface area contributed by atoms with E-state index in [9.17, 15) is 13.2 Å². The van der Waals surface area contributed by atoms with Gasteiger partial charge >= 0.3 is 6.18 Å². The van der Waals surface area contributed by atoms with Gasteiger partial charge in [-0.15, -0.1) is 11.3 Å². The number of rotatable bonds is 1. The first-order valence-corrected chi connectivity index (χ1v) is 5.24. The fraction of sp³-hybridized carbons (Fsp3) is 0.200. The smallest absolute Gasteiger partial charge is 0.251 e. The summed E-state index contributed by atoms with van der Waals surface area (Å²) in [6.07, 6.45) is -1.52. The first-order chi connectivity index (χ1) is 7.47. The molecule has 6 heteroatoms. The number of hydrogen-bond acceptors (Lipinski definition) is 3. The van der Waals surface area contributed by atoms with Crippen LogP contribution in [0.2, 0.25) is 0 Å². The highest BCUT2D eigenvalue weighted by molar-refractivity contribution is 7.14. The third kappa shape index (κ3) is 2.21. The quantitative estimate of drug-likeness (QED) is 0.766. The summed E-state index contributed by atoms with van der Waals surface area (Å²) in [7, 11) is 0. The zero-order chi connectivity index (χ0) is 11.8. The molecule has 0 atom stereocenters. The van der Waals surface area contributed by atoms with Gasteiger partial charge in [0, 0.05) is 22.8 Å². The minimum absolute atomic E-state index is 0.603. The topological polar surface area (TPSA) is 25.8 Å². The Kier molecular flexibility index (Phi) is 2.67. The van der Waals surface area contributed by atoms with Crippen molar-refractivity contribution in [2.24, 2.45) is 0 Å². The third-order valence-electron chi connectivity index (χ3n) is 1.92. The fourth-order valence-corrected chi connectivity index (χ4v) is 1.93. The standard InChI is InChI=1S/C10H7F3N2S/c1-6-4-15-9(16-6)7-2-3-8(14-5-7)10(11,12)13/h2-5H,1H3. The molecular formula is C10H7F3N2S. The Morgan fingerprint density at radius 2 is 1.88 bits per heavy atom. The van der Waals surface area contributed by atoms with Crippen molar-refractivity contribution in [3.05, 3.63) is 35.1 Å². The monoisotopic (exact) mass is 244 g/mol. The summed E-state index contributed by atoms with van der Waals surface area (Å²) in [6.45, 7) is 1.89. The lowest BCUT2D eigenvalue weighted by Gasteiger charge is -2.04. The number of aryl methyl sites for hydroxylation is 1. The van der Waals surface area contributed by atoms with Gasteiger partial charge in [0.2, 0.25) is 0 Å². The van der Waals surface area contributed by atoms with E-state index in [1.54, 1.807) is 6.20 Å². The van der Waals surface area contributed by atoms with Gasteiger partial charge in [0.05, 0.1) is 0 Å². The van der Waals surface area contributed by atoms with Crippen LogP contribution in [0, 0.1) is 6.92 Å². The Labute approximate surface area is 93.8 Å². The highest BCUT2D eigenvalue weighted by Crippen LogP contribution is 2.29.